The van der Waals surface area contributed by atoms with Gasteiger partial charge in [-0.2, -0.15) is 0 Å². The Labute approximate surface area is 116 Å². The molecule has 1 saturated carbocycles. The molecule has 1 aromatic rings. The molecule has 1 fully saturated rings. The van der Waals surface area contributed by atoms with Gasteiger partial charge in [0, 0.05) is 6.04 Å². The van der Waals surface area contributed by atoms with E-state index in [1.54, 1.807) is 12.1 Å². The highest BCUT2D eigenvalue weighted by Gasteiger charge is 2.27. The van der Waals surface area contributed by atoms with Crippen molar-refractivity contribution in [3.05, 3.63) is 35.1 Å². The maximum Gasteiger partial charge on any atom is 0.123 e. The highest BCUT2D eigenvalue weighted by molar-refractivity contribution is 5.30. The van der Waals surface area contributed by atoms with Gasteiger partial charge in [0.25, 0.3) is 0 Å². The number of hydrogen-bond donors (Lipinski definition) is 1. The van der Waals surface area contributed by atoms with Crippen LogP contribution in [0.25, 0.3) is 0 Å². The van der Waals surface area contributed by atoms with E-state index in [2.05, 4.69) is 12.2 Å². The Morgan fingerprint density at radius 3 is 2.47 bits per heavy atom. The lowest BCUT2D eigenvalue weighted by Crippen LogP contribution is -2.29. The number of rotatable bonds is 4. The molecular formula is C17H26FN. The van der Waals surface area contributed by atoms with E-state index < -0.39 is 0 Å². The van der Waals surface area contributed by atoms with Crippen LogP contribution >= 0.6 is 0 Å². The number of benzene rings is 1. The molecule has 0 bridgehead atoms. The number of nitrogens with one attached hydrogen (secondary N) is 1. The molecule has 1 unspecified atom stereocenters. The highest BCUT2D eigenvalue weighted by atomic mass is 19.1. The van der Waals surface area contributed by atoms with E-state index in [1.165, 1.54) is 37.7 Å². The monoisotopic (exact) mass is 263 g/mol. The molecule has 1 atom stereocenters. The van der Waals surface area contributed by atoms with Crippen molar-refractivity contribution in [1.82, 2.24) is 5.32 Å². The van der Waals surface area contributed by atoms with Crippen molar-refractivity contribution < 1.29 is 4.39 Å². The van der Waals surface area contributed by atoms with Gasteiger partial charge in [0.1, 0.15) is 5.82 Å². The fourth-order valence-corrected chi connectivity index (χ4v) is 3.56. The van der Waals surface area contributed by atoms with Gasteiger partial charge in [0.15, 0.2) is 0 Å². The molecule has 0 amide bonds. The van der Waals surface area contributed by atoms with Gasteiger partial charge in [0.2, 0.25) is 0 Å². The standard InChI is InChI=1S/C17H26FN/c1-4-13-5-7-14(8-6-13)17(19-3)16-10-9-15(18)11-12(16)2/h9-11,13-14,17,19H,4-8H2,1-3H3. The van der Waals surface area contributed by atoms with Crippen LogP contribution in [0.4, 0.5) is 4.39 Å². The molecule has 0 spiro atoms. The molecule has 1 N–H and O–H groups in total. The van der Waals surface area contributed by atoms with Crippen LogP contribution in [-0.4, -0.2) is 7.05 Å². The number of aryl methyl sites for hydroxylation is 1. The van der Waals surface area contributed by atoms with Crippen molar-refractivity contribution in [2.24, 2.45) is 11.8 Å². The molecule has 1 aliphatic carbocycles. The summed E-state index contributed by atoms with van der Waals surface area (Å²) in [5.74, 6) is 1.48. The van der Waals surface area contributed by atoms with Crippen LogP contribution in [0, 0.1) is 24.6 Å². The lowest BCUT2D eigenvalue weighted by molar-refractivity contribution is 0.224. The third-order valence-corrected chi connectivity index (χ3v) is 4.82. The summed E-state index contributed by atoms with van der Waals surface area (Å²) in [6.45, 7) is 4.31. The minimum absolute atomic E-state index is 0.134. The summed E-state index contributed by atoms with van der Waals surface area (Å²) < 4.78 is 13.2. The lowest BCUT2D eigenvalue weighted by Gasteiger charge is -2.34. The Morgan fingerprint density at radius 1 is 1.26 bits per heavy atom. The first-order valence-electron chi connectivity index (χ1n) is 7.59. The average Bonchev–Trinajstić information content (AvgIpc) is 2.42. The Balaban J connectivity index is 2.12. The molecule has 0 aromatic heterocycles. The van der Waals surface area contributed by atoms with Gasteiger partial charge in [0.05, 0.1) is 0 Å². The summed E-state index contributed by atoms with van der Waals surface area (Å²) >= 11 is 0. The van der Waals surface area contributed by atoms with Gasteiger partial charge in [-0.15, -0.1) is 0 Å². The second-order valence-corrected chi connectivity index (χ2v) is 5.96. The van der Waals surface area contributed by atoms with Gasteiger partial charge >= 0.3 is 0 Å². The predicted octanol–water partition coefficient (Wildman–Crippen LogP) is 4.61. The molecular weight excluding hydrogens is 237 g/mol. The Hall–Kier alpha value is -0.890. The van der Waals surface area contributed by atoms with Gasteiger partial charge in [-0.05, 0) is 61.9 Å². The van der Waals surface area contributed by atoms with Crippen molar-refractivity contribution in [2.45, 2.75) is 52.0 Å². The predicted molar refractivity (Wildman–Crippen MR) is 78.7 cm³/mol. The molecule has 2 heteroatoms. The molecule has 0 saturated heterocycles. The van der Waals surface area contributed by atoms with Crippen molar-refractivity contribution in [3.63, 3.8) is 0 Å². The van der Waals surface area contributed by atoms with Crippen LogP contribution in [0.1, 0.15) is 56.2 Å². The maximum absolute atomic E-state index is 13.2. The Morgan fingerprint density at radius 2 is 1.95 bits per heavy atom. The van der Waals surface area contributed by atoms with Crippen molar-refractivity contribution >= 4 is 0 Å². The first-order valence-corrected chi connectivity index (χ1v) is 7.59. The average molecular weight is 263 g/mol. The van der Waals surface area contributed by atoms with Crippen LogP contribution in [0.5, 0.6) is 0 Å². The molecule has 0 radical (unpaired) electrons. The summed E-state index contributed by atoms with van der Waals surface area (Å²) in [6, 6.07) is 5.57. The van der Waals surface area contributed by atoms with E-state index in [0.29, 0.717) is 12.0 Å². The van der Waals surface area contributed by atoms with E-state index in [0.717, 1.165) is 11.5 Å². The van der Waals surface area contributed by atoms with Crippen LogP contribution in [0.15, 0.2) is 18.2 Å². The molecule has 1 nitrogen and oxygen atoms in total. The van der Waals surface area contributed by atoms with E-state index in [9.17, 15) is 4.39 Å². The summed E-state index contributed by atoms with van der Waals surface area (Å²) in [4.78, 5) is 0. The van der Waals surface area contributed by atoms with Crippen molar-refractivity contribution in [3.8, 4) is 0 Å². The molecule has 106 valence electrons. The molecule has 1 aromatic carbocycles. The van der Waals surface area contributed by atoms with Crippen molar-refractivity contribution in [1.29, 1.82) is 0 Å². The summed E-state index contributed by atoms with van der Waals surface area (Å²) in [5.41, 5.74) is 2.33. The largest absolute Gasteiger partial charge is 0.313 e. The topological polar surface area (TPSA) is 12.0 Å². The van der Waals surface area contributed by atoms with Crippen molar-refractivity contribution in [2.75, 3.05) is 7.05 Å². The smallest absolute Gasteiger partial charge is 0.123 e. The molecule has 0 aliphatic heterocycles. The first kappa shape index (κ1) is 14.5. The number of halogens is 1. The fraction of sp³-hybridized carbons (Fsp3) is 0.647. The first-order chi connectivity index (χ1) is 9.15. The summed E-state index contributed by atoms with van der Waals surface area (Å²) in [7, 11) is 2.03. The van der Waals surface area contributed by atoms with Crippen LogP contribution in [0.2, 0.25) is 0 Å². The zero-order valence-corrected chi connectivity index (χ0v) is 12.4. The minimum Gasteiger partial charge on any atom is -0.313 e. The normalized spacial score (nSPS) is 25.3. The number of hydrogen-bond acceptors (Lipinski definition) is 1. The maximum atomic E-state index is 13.2. The van der Waals surface area contributed by atoms with E-state index in [4.69, 9.17) is 0 Å². The molecule has 19 heavy (non-hydrogen) atoms. The van der Waals surface area contributed by atoms with E-state index in [1.807, 2.05) is 20.0 Å². The minimum atomic E-state index is -0.134. The Bertz CT molecular complexity index is 408. The van der Waals surface area contributed by atoms with E-state index >= 15 is 0 Å². The molecule has 1 aliphatic rings. The van der Waals surface area contributed by atoms with Crippen LogP contribution in [-0.2, 0) is 0 Å². The van der Waals surface area contributed by atoms with Gasteiger partial charge in [-0.25, -0.2) is 4.39 Å². The van der Waals surface area contributed by atoms with Gasteiger partial charge in [-0.3, -0.25) is 0 Å². The third kappa shape index (κ3) is 3.36. The quantitative estimate of drug-likeness (QED) is 0.836. The zero-order valence-electron chi connectivity index (χ0n) is 12.4. The second kappa shape index (κ2) is 6.51. The van der Waals surface area contributed by atoms with E-state index in [-0.39, 0.29) is 5.82 Å². The Kier molecular flexibility index (Phi) is 4.98. The van der Waals surface area contributed by atoms with Gasteiger partial charge in [-0.1, -0.05) is 32.3 Å². The molecule has 2 rings (SSSR count). The molecule has 0 heterocycles. The lowest BCUT2D eigenvalue weighted by atomic mass is 9.75. The van der Waals surface area contributed by atoms with Crippen LogP contribution < -0.4 is 5.32 Å². The van der Waals surface area contributed by atoms with Crippen LogP contribution in [0.3, 0.4) is 0 Å². The highest BCUT2D eigenvalue weighted by Crippen LogP contribution is 2.38. The second-order valence-electron chi connectivity index (χ2n) is 5.96. The SMILES string of the molecule is CCC1CCC(C(NC)c2ccc(F)cc2C)CC1. The fourth-order valence-electron chi connectivity index (χ4n) is 3.56. The zero-order chi connectivity index (χ0) is 13.8. The third-order valence-electron chi connectivity index (χ3n) is 4.82. The summed E-state index contributed by atoms with van der Waals surface area (Å²) in [5, 5.41) is 3.46. The summed E-state index contributed by atoms with van der Waals surface area (Å²) in [6.07, 6.45) is 6.59. The van der Waals surface area contributed by atoms with Gasteiger partial charge < -0.3 is 5.32 Å².